The van der Waals surface area contributed by atoms with Crippen molar-refractivity contribution in [1.29, 1.82) is 0 Å². The van der Waals surface area contributed by atoms with Crippen LogP contribution in [-0.4, -0.2) is 51.4 Å². The van der Waals surface area contributed by atoms with E-state index >= 15 is 0 Å². The SMILES string of the molecule is COc1cc2c(cc1OC)CN(C(=O)CCCc1nnc3cccnn13)CC2. The average molecular weight is 381 g/mol. The van der Waals surface area contributed by atoms with Crippen LogP contribution in [0.4, 0.5) is 0 Å². The van der Waals surface area contributed by atoms with Crippen molar-refractivity contribution in [3.05, 3.63) is 47.4 Å². The highest BCUT2D eigenvalue weighted by molar-refractivity contribution is 5.76. The third-order valence-electron chi connectivity index (χ3n) is 5.10. The van der Waals surface area contributed by atoms with E-state index < -0.39 is 0 Å². The fourth-order valence-electron chi connectivity index (χ4n) is 3.60. The van der Waals surface area contributed by atoms with Crippen LogP contribution in [-0.2, 0) is 24.2 Å². The Morgan fingerprint density at radius 1 is 1.14 bits per heavy atom. The molecule has 3 aromatic rings. The van der Waals surface area contributed by atoms with Crippen LogP contribution in [0.25, 0.3) is 5.65 Å². The molecule has 0 bridgehead atoms. The summed E-state index contributed by atoms with van der Waals surface area (Å²) < 4.78 is 12.5. The van der Waals surface area contributed by atoms with Crippen LogP contribution in [0.1, 0.15) is 29.8 Å². The molecular weight excluding hydrogens is 358 g/mol. The van der Waals surface area contributed by atoms with E-state index in [1.54, 1.807) is 24.9 Å². The van der Waals surface area contributed by atoms with Gasteiger partial charge in [-0.1, -0.05) is 0 Å². The number of carbonyl (C=O) groups excluding carboxylic acids is 1. The van der Waals surface area contributed by atoms with Gasteiger partial charge in [0.25, 0.3) is 0 Å². The molecule has 146 valence electrons. The quantitative estimate of drug-likeness (QED) is 0.650. The Balaban J connectivity index is 1.37. The number of aromatic nitrogens is 4. The second kappa shape index (κ2) is 7.84. The Kier molecular flexibility index (Phi) is 5.10. The van der Waals surface area contributed by atoms with E-state index in [0.717, 1.165) is 35.8 Å². The molecule has 3 heterocycles. The number of rotatable bonds is 6. The lowest BCUT2D eigenvalue weighted by molar-refractivity contribution is -0.132. The van der Waals surface area contributed by atoms with Gasteiger partial charge in [0.2, 0.25) is 5.91 Å². The van der Waals surface area contributed by atoms with Crippen molar-refractivity contribution in [2.45, 2.75) is 32.2 Å². The van der Waals surface area contributed by atoms with Gasteiger partial charge in [-0.15, -0.1) is 10.2 Å². The first-order valence-electron chi connectivity index (χ1n) is 9.36. The van der Waals surface area contributed by atoms with E-state index in [1.807, 2.05) is 29.2 Å². The predicted octanol–water partition coefficient (Wildman–Crippen LogP) is 2.05. The first-order chi connectivity index (χ1) is 13.7. The van der Waals surface area contributed by atoms with Crippen LogP contribution in [0.2, 0.25) is 0 Å². The molecule has 4 rings (SSSR count). The highest BCUT2D eigenvalue weighted by atomic mass is 16.5. The number of methoxy groups -OCH3 is 2. The van der Waals surface area contributed by atoms with Crippen LogP contribution in [0.5, 0.6) is 11.5 Å². The van der Waals surface area contributed by atoms with E-state index in [0.29, 0.717) is 31.6 Å². The molecule has 1 aliphatic heterocycles. The lowest BCUT2D eigenvalue weighted by Gasteiger charge is -2.29. The first kappa shape index (κ1) is 18.2. The predicted molar refractivity (Wildman–Crippen MR) is 102 cm³/mol. The molecule has 1 amide bonds. The lowest BCUT2D eigenvalue weighted by Crippen LogP contribution is -2.35. The monoisotopic (exact) mass is 381 g/mol. The Bertz CT molecular complexity index is 1000. The molecule has 0 saturated heterocycles. The van der Waals surface area contributed by atoms with Crippen molar-refractivity contribution >= 4 is 11.6 Å². The Morgan fingerprint density at radius 3 is 2.71 bits per heavy atom. The number of amides is 1. The second-order valence-electron chi connectivity index (χ2n) is 6.80. The molecule has 1 aliphatic rings. The third kappa shape index (κ3) is 3.49. The molecule has 0 aliphatic carbocycles. The van der Waals surface area contributed by atoms with Crippen molar-refractivity contribution in [1.82, 2.24) is 24.7 Å². The smallest absolute Gasteiger partial charge is 0.222 e. The molecule has 2 aromatic heterocycles. The van der Waals surface area contributed by atoms with Gasteiger partial charge in [-0.05, 0) is 48.2 Å². The Labute approximate surface area is 163 Å². The second-order valence-corrected chi connectivity index (χ2v) is 6.80. The van der Waals surface area contributed by atoms with Crippen molar-refractivity contribution in [3.8, 4) is 11.5 Å². The summed E-state index contributed by atoms with van der Waals surface area (Å²) >= 11 is 0. The zero-order valence-electron chi connectivity index (χ0n) is 16.1. The van der Waals surface area contributed by atoms with Gasteiger partial charge in [0, 0.05) is 32.1 Å². The van der Waals surface area contributed by atoms with Crippen molar-refractivity contribution < 1.29 is 14.3 Å². The number of ether oxygens (including phenoxy) is 2. The van der Waals surface area contributed by atoms with Crippen LogP contribution in [0, 0.1) is 0 Å². The minimum Gasteiger partial charge on any atom is -0.493 e. The largest absolute Gasteiger partial charge is 0.493 e. The molecule has 0 saturated carbocycles. The maximum atomic E-state index is 12.7. The highest BCUT2D eigenvalue weighted by Gasteiger charge is 2.22. The molecule has 0 fully saturated rings. The maximum absolute atomic E-state index is 12.7. The molecule has 8 nitrogen and oxygen atoms in total. The van der Waals surface area contributed by atoms with Crippen molar-refractivity contribution in [2.75, 3.05) is 20.8 Å². The highest BCUT2D eigenvalue weighted by Crippen LogP contribution is 2.33. The van der Waals surface area contributed by atoms with Gasteiger partial charge < -0.3 is 14.4 Å². The van der Waals surface area contributed by atoms with E-state index in [9.17, 15) is 4.79 Å². The average Bonchev–Trinajstić information content (AvgIpc) is 3.15. The number of hydrogen-bond acceptors (Lipinski definition) is 6. The minimum atomic E-state index is 0.155. The van der Waals surface area contributed by atoms with Gasteiger partial charge in [0.05, 0.1) is 14.2 Å². The molecule has 0 spiro atoms. The number of hydrogen-bond donors (Lipinski definition) is 0. The van der Waals surface area contributed by atoms with Gasteiger partial charge >= 0.3 is 0 Å². The number of carbonyl (C=O) groups is 1. The topological polar surface area (TPSA) is 81.9 Å². The molecule has 8 heteroatoms. The minimum absolute atomic E-state index is 0.155. The Morgan fingerprint density at radius 2 is 1.93 bits per heavy atom. The van der Waals surface area contributed by atoms with E-state index in [-0.39, 0.29) is 5.91 Å². The molecule has 0 N–H and O–H groups in total. The summed E-state index contributed by atoms with van der Waals surface area (Å²) in [7, 11) is 3.26. The van der Waals surface area contributed by atoms with E-state index in [1.165, 1.54) is 5.56 Å². The van der Waals surface area contributed by atoms with Gasteiger partial charge in [-0.2, -0.15) is 9.61 Å². The van der Waals surface area contributed by atoms with Gasteiger partial charge in [-0.25, -0.2) is 0 Å². The van der Waals surface area contributed by atoms with Crippen LogP contribution >= 0.6 is 0 Å². The fraction of sp³-hybridized carbons (Fsp3) is 0.400. The molecule has 28 heavy (non-hydrogen) atoms. The number of aryl methyl sites for hydroxylation is 1. The van der Waals surface area contributed by atoms with Crippen molar-refractivity contribution in [3.63, 3.8) is 0 Å². The van der Waals surface area contributed by atoms with Crippen LogP contribution < -0.4 is 9.47 Å². The molecular formula is C20H23N5O3. The summed E-state index contributed by atoms with van der Waals surface area (Å²) in [6.07, 6.45) is 4.38. The van der Waals surface area contributed by atoms with Crippen molar-refractivity contribution in [2.24, 2.45) is 0 Å². The molecule has 0 atom stereocenters. The lowest BCUT2D eigenvalue weighted by atomic mass is 9.98. The summed E-state index contributed by atoms with van der Waals surface area (Å²) in [5.41, 5.74) is 3.05. The maximum Gasteiger partial charge on any atom is 0.222 e. The van der Waals surface area contributed by atoms with E-state index in [4.69, 9.17) is 9.47 Å². The van der Waals surface area contributed by atoms with Gasteiger partial charge in [-0.3, -0.25) is 4.79 Å². The standard InChI is InChI=1S/C20H23N5O3/c1-27-16-11-14-8-10-24(13-15(14)12-17(16)28-2)20(26)7-3-5-18-22-23-19-6-4-9-21-25(18)19/h4,6,9,11-12H,3,5,7-8,10,13H2,1-2H3. The summed E-state index contributed by atoms with van der Waals surface area (Å²) in [6, 6.07) is 7.68. The third-order valence-corrected chi connectivity index (χ3v) is 5.10. The molecule has 0 radical (unpaired) electrons. The Hall–Kier alpha value is -3.16. The summed E-state index contributed by atoms with van der Waals surface area (Å²) in [5, 5.41) is 12.5. The zero-order valence-corrected chi connectivity index (χ0v) is 16.1. The number of nitrogens with zero attached hydrogens (tertiary/aromatic N) is 5. The van der Waals surface area contributed by atoms with Gasteiger partial charge in [0.1, 0.15) is 0 Å². The summed E-state index contributed by atoms with van der Waals surface area (Å²) in [6.45, 7) is 1.32. The fourth-order valence-corrected chi connectivity index (χ4v) is 3.60. The number of fused-ring (bicyclic) bond motifs is 2. The van der Waals surface area contributed by atoms with Crippen LogP contribution in [0.15, 0.2) is 30.5 Å². The van der Waals surface area contributed by atoms with Gasteiger partial charge in [0.15, 0.2) is 23.0 Å². The summed E-state index contributed by atoms with van der Waals surface area (Å²) in [4.78, 5) is 14.6. The van der Waals surface area contributed by atoms with E-state index in [2.05, 4.69) is 15.3 Å². The zero-order chi connectivity index (χ0) is 19.5. The first-order valence-corrected chi connectivity index (χ1v) is 9.36. The molecule has 1 aromatic carbocycles. The molecule has 0 unspecified atom stereocenters. The number of benzene rings is 1. The normalized spacial score (nSPS) is 13.4. The van der Waals surface area contributed by atoms with Crippen LogP contribution in [0.3, 0.4) is 0 Å². The summed E-state index contributed by atoms with van der Waals surface area (Å²) in [5.74, 6) is 2.36.